The maximum Gasteiger partial charge on any atom is 0.220 e. The second kappa shape index (κ2) is 9.21. The van der Waals surface area contributed by atoms with E-state index in [4.69, 9.17) is 4.74 Å². The average molecular weight is 343 g/mol. The van der Waals surface area contributed by atoms with E-state index in [-0.39, 0.29) is 23.7 Å². The van der Waals surface area contributed by atoms with Crippen LogP contribution in [-0.4, -0.2) is 12.5 Å². The fourth-order valence-corrected chi connectivity index (χ4v) is 2.81. The van der Waals surface area contributed by atoms with Crippen LogP contribution in [0.2, 0.25) is 0 Å². The summed E-state index contributed by atoms with van der Waals surface area (Å²) in [6.07, 6.45) is 1.00. The first-order valence-electron chi connectivity index (χ1n) is 8.76. The lowest BCUT2D eigenvalue weighted by molar-refractivity contribution is -0.122. The van der Waals surface area contributed by atoms with E-state index in [1.54, 1.807) is 12.1 Å². The fourth-order valence-electron chi connectivity index (χ4n) is 2.81. The van der Waals surface area contributed by atoms with Crippen molar-refractivity contribution in [3.05, 3.63) is 65.5 Å². The van der Waals surface area contributed by atoms with Gasteiger partial charge in [0, 0.05) is 6.42 Å². The van der Waals surface area contributed by atoms with Gasteiger partial charge in [0.1, 0.15) is 11.6 Å². The van der Waals surface area contributed by atoms with Gasteiger partial charge in [-0.05, 0) is 48.6 Å². The van der Waals surface area contributed by atoms with Gasteiger partial charge < -0.3 is 10.1 Å². The van der Waals surface area contributed by atoms with Crippen LogP contribution in [0.1, 0.15) is 44.4 Å². The van der Waals surface area contributed by atoms with Crippen molar-refractivity contribution in [2.75, 3.05) is 6.61 Å². The van der Waals surface area contributed by atoms with Crippen LogP contribution >= 0.6 is 0 Å². The summed E-state index contributed by atoms with van der Waals surface area (Å²) in [5.74, 6) is 0.751. The molecule has 25 heavy (non-hydrogen) atoms. The molecule has 1 unspecified atom stereocenters. The molecule has 4 heteroatoms. The van der Waals surface area contributed by atoms with E-state index in [1.807, 2.05) is 45.0 Å². The SMILES string of the molecule is CCOc1ccccc1CCC(=O)NC(c1ccc(F)cc1)C(C)C. The molecule has 0 bridgehead atoms. The molecule has 1 N–H and O–H groups in total. The zero-order valence-electron chi connectivity index (χ0n) is 15.1. The minimum absolute atomic E-state index is 0.0191. The summed E-state index contributed by atoms with van der Waals surface area (Å²) in [4.78, 5) is 12.4. The first-order valence-corrected chi connectivity index (χ1v) is 8.76. The molecule has 0 aliphatic carbocycles. The normalized spacial score (nSPS) is 12.0. The van der Waals surface area contributed by atoms with Crippen molar-refractivity contribution >= 4 is 5.91 Å². The maximum absolute atomic E-state index is 13.1. The van der Waals surface area contributed by atoms with Crippen LogP contribution in [0.5, 0.6) is 5.75 Å². The van der Waals surface area contributed by atoms with Gasteiger partial charge in [-0.1, -0.05) is 44.2 Å². The smallest absolute Gasteiger partial charge is 0.220 e. The molecule has 0 saturated carbocycles. The summed E-state index contributed by atoms with van der Waals surface area (Å²) in [5.41, 5.74) is 1.95. The van der Waals surface area contributed by atoms with Crippen LogP contribution in [-0.2, 0) is 11.2 Å². The summed E-state index contributed by atoms with van der Waals surface area (Å²) in [5, 5.41) is 3.07. The highest BCUT2D eigenvalue weighted by atomic mass is 19.1. The number of ether oxygens (including phenoxy) is 1. The molecule has 0 heterocycles. The highest BCUT2D eigenvalue weighted by molar-refractivity contribution is 5.76. The second-order valence-electron chi connectivity index (χ2n) is 6.38. The number of carbonyl (C=O) groups is 1. The van der Waals surface area contributed by atoms with Crippen LogP contribution < -0.4 is 10.1 Å². The van der Waals surface area contributed by atoms with Crippen molar-refractivity contribution in [2.45, 2.75) is 39.7 Å². The lowest BCUT2D eigenvalue weighted by Gasteiger charge is -2.23. The molecule has 1 atom stereocenters. The Hall–Kier alpha value is -2.36. The third-order valence-corrected chi connectivity index (χ3v) is 4.11. The van der Waals surface area contributed by atoms with Crippen molar-refractivity contribution in [1.82, 2.24) is 5.32 Å². The first-order chi connectivity index (χ1) is 12.0. The molecule has 0 radical (unpaired) electrons. The third kappa shape index (κ3) is 5.59. The number of rotatable bonds is 8. The number of hydrogen-bond donors (Lipinski definition) is 1. The van der Waals surface area contributed by atoms with Gasteiger partial charge in [-0.15, -0.1) is 0 Å². The molecular formula is C21H26FNO2. The average Bonchev–Trinajstić information content (AvgIpc) is 2.60. The molecule has 2 rings (SSSR count). The molecule has 0 aliphatic rings. The molecule has 3 nitrogen and oxygen atoms in total. The van der Waals surface area contributed by atoms with Crippen LogP contribution in [0.25, 0.3) is 0 Å². The molecule has 0 aliphatic heterocycles. The van der Waals surface area contributed by atoms with Gasteiger partial charge in [0.15, 0.2) is 0 Å². The van der Waals surface area contributed by atoms with E-state index in [2.05, 4.69) is 5.32 Å². The second-order valence-corrected chi connectivity index (χ2v) is 6.38. The number of para-hydroxylation sites is 1. The summed E-state index contributed by atoms with van der Waals surface area (Å²) in [7, 11) is 0. The molecule has 0 fully saturated rings. The molecule has 134 valence electrons. The Morgan fingerprint density at radius 2 is 1.80 bits per heavy atom. The van der Waals surface area contributed by atoms with Crippen molar-refractivity contribution in [1.29, 1.82) is 0 Å². The minimum Gasteiger partial charge on any atom is -0.494 e. The van der Waals surface area contributed by atoms with Crippen molar-refractivity contribution in [3.8, 4) is 5.75 Å². The highest BCUT2D eigenvalue weighted by Crippen LogP contribution is 2.23. The van der Waals surface area contributed by atoms with Gasteiger partial charge in [-0.25, -0.2) is 4.39 Å². The standard InChI is InChI=1S/C21H26FNO2/c1-4-25-19-8-6-5-7-16(19)11-14-20(24)23-21(15(2)3)17-9-12-18(22)13-10-17/h5-10,12-13,15,21H,4,11,14H2,1-3H3,(H,23,24). The predicted octanol–water partition coefficient (Wildman–Crippen LogP) is 4.67. The first kappa shape index (κ1) is 19.0. The number of amides is 1. The van der Waals surface area contributed by atoms with Gasteiger partial charge in [0.25, 0.3) is 0 Å². The predicted molar refractivity (Wildman–Crippen MR) is 98.1 cm³/mol. The number of benzene rings is 2. The van der Waals surface area contributed by atoms with E-state index in [9.17, 15) is 9.18 Å². The summed E-state index contributed by atoms with van der Waals surface area (Å²) in [6.45, 7) is 6.63. The monoisotopic (exact) mass is 343 g/mol. The van der Waals surface area contributed by atoms with Gasteiger partial charge >= 0.3 is 0 Å². The van der Waals surface area contributed by atoms with E-state index >= 15 is 0 Å². The molecule has 0 aromatic heterocycles. The maximum atomic E-state index is 13.1. The Kier molecular flexibility index (Phi) is 6.99. The number of nitrogens with one attached hydrogen (secondary N) is 1. The van der Waals surface area contributed by atoms with Crippen molar-refractivity contribution < 1.29 is 13.9 Å². The molecule has 0 saturated heterocycles. The zero-order valence-corrected chi connectivity index (χ0v) is 15.1. The topological polar surface area (TPSA) is 38.3 Å². The lowest BCUT2D eigenvalue weighted by atomic mass is 9.95. The number of halogens is 1. The van der Waals surface area contributed by atoms with Crippen LogP contribution in [0, 0.1) is 11.7 Å². The summed E-state index contributed by atoms with van der Waals surface area (Å²) >= 11 is 0. The van der Waals surface area contributed by atoms with Gasteiger partial charge in [-0.3, -0.25) is 4.79 Å². The van der Waals surface area contributed by atoms with Crippen molar-refractivity contribution in [2.24, 2.45) is 5.92 Å². The molecular weight excluding hydrogens is 317 g/mol. The largest absolute Gasteiger partial charge is 0.494 e. The van der Waals surface area contributed by atoms with Crippen LogP contribution in [0.4, 0.5) is 4.39 Å². The minimum atomic E-state index is -0.273. The lowest BCUT2D eigenvalue weighted by Crippen LogP contribution is -2.31. The van der Waals surface area contributed by atoms with Gasteiger partial charge in [0.05, 0.1) is 12.6 Å². The van der Waals surface area contributed by atoms with E-state index < -0.39 is 0 Å². The van der Waals surface area contributed by atoms with E-state index in [0.717, 1.165) is 16.9 Å². The summed E-state index contributed by atoms with van der Waals surface area (Å²) in [6, 6.07) is 14.0. The van der Waals surface area contributed by atoms with Crippen molar-refractivity contribution in [3.63, 3.8) is 0 Å². The Balaban J connectivity index is 1.99. The third-order valence-electron chi connectivity index (χ3n) is 4.11. The fraction of sp³-hybridized carbons (Fsp3) is 0.381. The Morgan fingerprint density at radius 3 is 2.44 bits per heavy atom. The van der Waals surface area contributed by atoms with Gasteiger partial charge in [-0.2, -0.15) is 0 Å². The number of aryl methyl sites for hydroxylation is 1. The number of carbonyl (C=O) groups excluding carboxylic acids is 1. The summed E-state index contributed by atoms with van der Waals surface area (Å²) < 4.78 is 18.7. The van der Waals surface area contributed by atoms with Crippen LogP contribution in [0.15, 0.2) is 48.5 Å². The Bertz CT molecular complexity index is 683. The quantitative estimate of drug-likeness (QED) is 0.756. The van der Waals surface area contributed by atoms with Crippen LogP contribution in [0.3, 0.4) is 0 Å². The van der Waals surface area contributed by atoms with E-state index in [0.29, 0.717) is 19.4 Å². The molecule has 1 amide bonds. The zero-order chi connectivity index (χ0) is 18.2. The number of hydrogen-bond acceptors (Lipinski definition) is 2. The van der Waals surface area contributed by atoms with Gasteiger partial charge in [0.2, 0.25) is 5.91 Å². The Morgan fingerprint density at radius 1 is 1.12 bits per heavy atom. The molecule has 0 spiro atoms. The Labute approximate surface area is 149 Å². The van der Waals surface area contributed by atoms with E-state index in [1.165, 1.54) is 12.1 Å². The molecule has 2 aromatic rings. The highest BCUT2D eigenvalue weighted by Gasteiger charge is 2.18. The molecule has 2 aromatic carbocycles.